The van der Waals surface area contributed by atoms with Crippen molar-refractivity contribution in [3.05, 3.63) is 77.3 Å². The zero-order valence-corrected chi connectivity index (χ0v) is 14.8. The smallest absolute Gasteiger partial charge is 0.159 e. The third kappa shape index (κ3) is 3.34. The van der Waals surface area contributed by atoms with Crippen LogP contribution in [0, 0.1) is 0 Å². The minimum atomic E-state index is 0.0652. The third-order valence-corrected chi connectivity index (χ3v) is 4.39. The fourth-order valence-corrected chi connectivity index (χ4v) is 2.92. The van der Waals surface area contributed by atoms with Gasteiger partial charge in [-0.3, -0.25) is 14.5 Å². The largest absolute Gasteiger partial charge is 0.295 e. The number of aromatic nitrogens is 4. The summed E-state index contributed by atoms with van der Waals surface area (Å²) in [5.41, 5.74) is 5.24. The maximum atomic E-state index is 11.4. The summed E-state index contributed by atoms with van der Waals surface area (Å²) in [6, 6.07) is 13.1. The molecule has 26 heavy (non-hydrogen) atoms. The Balaban J connectivity index is 1.58. The second kappa shape index (κ2) is 6.69. The van der Waals surface area contributed by atoms with Gasteiger partial charge < -0.3 is 0 Å². The first kappa shape index (κ1) is 16.4. The molecule has 0 saturated carbocycles. The first-order valence-corrected chi connectivity index (χ1v) is 8.51. The van der Waals surface area contributed by atoms with Gasteiger partial charge in [0.25, 0.3) is 0 Å². The first-order chi connectivity index (χ1) is 12.6. The van der Waals surface area contributed by atoms with Crippen molar-refractivity contribution >= 4 is 28.4 Å². The predicted molar refractivity (Wildman–Crippen MR) is 101 cm³/mol. The standard InChI is InChI=1S/C20H15ClN4O/c1-13(26)15-4-2-14(3-5-15)11-25-12-17(10-23-25)16-8-19-18(22-9-16)6-7-20(21)24-19/h2-10,12H,11H2,1H3. The van der Waals surface area contributed by atoms with Crippen molar-refractivity contribution in [2.45, 2.75) is 13.5 Å². The van der Waals surface area contributed by atoms with Gasteiger partial charge in [0.05, 0.1) is 23.8 Å². The number of nitrogens with zero attached hydrogens (tertiary/aromatic N) is 4. The minimum absolute atomic E-state index is 0.0652. The van der Waals surface area contributed by atoms with Gasteiger partial charge >= 0.3 is 0 Å². The normalized spacial score (nSPS) is 11.0. The molecule has 0 spiro atoms. The number of halogens is 1. The molecule has 3 heterocycles. The summed E-state index contributed by atoms with van der Waals surface area (Å²) in [6.45, 7) is 2.19. The first-order valence-electron chi connectivity index (χ1n) is 8.13. The van der Waals surface area contributed by atoms with Crippen molar-refractivity contribution in [3.63, 3.8) is 0 Å². The number of hydrogen-bond donors (Lipinski definition) is 0. The molecule has 6 heteroatoms. The number of Topliss-reactive ketones (excluding diaryl/α,β-unsaturated/α-hetero) is 1. The van der Waals surface area contributed by atoms with Crippen molar-refractivity contribution in [2.24, 2.45) is 0 Å². The predicted octanol–water partition coefficient (Wildman–Crippen LogP) is 4.40. The Kier molecular flexibility index (Phi) is 4.22. The molecule has 0 radical (unpaired) electrons. The lowest BCUT2D eigenvalue weighted by Crippen LogP contribution is -2.00. The molecule has 0 unspecified atom stereocenters. The van der Waals surface area contributed by atoms with E-state index in [1.54, 1.807) is 25.4 Å². The second-order valence-corrected chi connectivity index (χ2v) is 6.46. The summed E-state index contributed by atoms with van der Waals surface area (Å²) >= 11 is 5.97. The van der Waals surface area contributed by atoms with Crippen LogP contribution in [0.2, 0.25) is 5.15 Å². The number of hydrogen-bond acceptors (Lipinski definition) is 4. The molecule has 0 aliphatic heterocycles. The number of carbonyl (C=O) groups is 1. The maximum absolute atomic E-state index is 11.4. The molecule has 0 amide bonds. The van der Waals surface area contributed by atoms with E-state index in [0.717, 1.165) is 27.7 Å². The average Bonchev–Trinajstić information content (AvgIpc) is 3.10. The van der Waals surface area contributed by atoms with Gasteiger partial charge in [-0.2, -0.15) is 5.10 Å². The van der Waals surface area contributed by atoms with Crippen LogP contribution < -0.4 is 0 Å². The highest BCUT2D eigenvalue weighted by atomic mass is 35.5. The van der Waals surface area contributed by atoms with Crippen molar-refractivity contribution in [1.82, 2.24) is 19.7 Å². The van der Waals surface area contributed by atoms with Gasteiger partial charge in [-0.1, -0.05) is 35.9 Å². The molecular weight excluding hydrogens is 348 g/mol. The Morgan fingerprint density at radius 2 is 1.85 bits per heavy atom. The van der Waals surface area contributed by atoms with Crippen molar-refractivity contribution < 1.29 is 4.79 Å². The Morgan fingerprint density at radius 3 is 2.62 bits per heavy atom. The van der Waals surface area contributed by atoms with E-state index in [2.05, 4.69) is 15.1 Å². The number of rotatable bonds is 4. The monoisotopic (exact) mass is 362 g/mol. The molecule has 0 bridgehead atoms. The van der Waals surface area contributed by atoms with Crippen LogP contribution in [0.3, 0.4) is 0 Å². The number of pyridine rings is 2. The van der Waals surface area contributed by atoms with Gasteiger partial charge in [0.15, 0.2) is 5.78 Å². The van der Waals surface area contributed by atoms with E-state index >= 15 is 0 Å². The van der Waals surface area contributed by atoms with Crippen molar-refractivity contribution in [3.8, 4) is 11.1 Å². The van der Waals surface area contributed by atoms with Gasteiger partial charge in [0.1, 0.15) is 5.15 Å². The van der Waals surface area contributed by atoms with Crippen LogP contribution in [-0.4, -0.2) is 25.5 Å². The fraction of sp³-hybridized carbons (Fsp3) is 0.100. The van der Waals surface area contributed by atoms with Gasteiger partial charge in [0.2, 0.25) is 0 Å². The summed E-state index contributed by atoms with van der Waals surface area (Å²) in [5, 5.41) is 4.86. The van der Waals surface area contributed by atoms with Gasteiger partial charge in [-0.15, -0.1) is 0 Å². The molecule has 0 atom stereocenters. The molecule has 5 nitrogen and oxygen atoms in total. The summed E-state index contributed by atoms with van der Waals surface area (Å²) in [4.78, 5) is 20.1. The molecule has 0 saturated heterocycles. The topological polar surface area (TPSA) is 60.7 Å². The molecule has 128 valence electrons. The molecule has 3 aromatic heterocycles. The van der Waals surface area contributed by atoms with Crippen LogP contribution >= 0.6 is 11.6 Å². The van der Waals surface area contributed by atoms with E-state index in [9.17, 15) is 4.79 Å². The second-order valence-electron chi connectivity index (χ2n) is 6.08. The Bertz CT molecular complexity index is 1100. The quantitative estimate of drug-likeness (QED) is 0.399. The van der Waals surface area contributed by atoms with E-state index in [-0.39, 0.29) is 5.78 Å². The average molecular weight is 363 g/mol. The summed E-state index contributed by atoms with van der Waals surface area (Å²) in [7, 11) is 0. The highest BCUT2D eigenvalue weighted by Crippen LogP contribution is 2.22. The zero-order chi connectivity index (χ0) is 18.1. The van der Waals surface area contributed by atoms with E-state index < -0.39 is 0 Å². The van der Waals surface area contributed by atoms with Gasteiger partial charge in [0, 0.05) is 29.1 Å². The number of benzene rings is 1. The number of fused-ring (bicyclic) bond motifs is 1. The Morgan fingerprint density at radius 1 is 1.04 bits per heavy atom. The van der Waals surface area contributed by atoms with E-state index in [1.807, 2.05) is 47.3 Å². The third-order valence-electron chi connectivity index (χ3n) is 4.17. The van der Waals surface area contributed by atoms with Crippen LogP contribution in [0.25, 0.3) is 22.2 Å². The molecule has 0 N–H and O–H groups in total. The summed E-state index contributed by atoms with van der Waals surface area (Å²) in [5.74, 6) is 0.0652. The molecule has 0 aliphatic carbocycles. The van der Waals surface area contributed by atoms with Crippen LogP contribution in [0.4, 0.5) is 0 Å². The number of carbonyl (C=O) groups excluding carboxylic acids is 1. The minimum Gasteiger partial charge on any atom is -0.295 e. The van der Waals surface area contributed by atoms with E-state index in [0.29, 0.717) is 17.3 Å². The lowest BCUT2D eigenvalue weighted by atomic mass is 10.1. The lowest BCUT2D eigenvalue weighted by molar-refractivity contribution is 0.101. The van der Waals surface area contributed by atoms with Crippen LogP contribution in [-0.2, 0) is 6.54 Å². The van der Waals surface area contributed by atoms with Gasteiger partial charge in [-0.25, -0.2) is 4.98 Å². The molecule has 4 aromatic rings. The van der Waals surface area contributed by atoms with E-state index in [4.69, 9.17) is 11.6 Å². The molecule has 0 aliphatic rings. The molecular formula is C20H15ClN4O. The van der Waals surface area contributed by atoms with Crippen LogP contribution in [0.5, 0.6) is 0 Å². The highest BCUT2D eigenvalue weighted by molar-refractivity contribution is 6.29. The summed E-state index contributed by atoms with van der Waals surface area (Å²) in [6.07, 6.45) is 5.57. The van der Waals surface area contributed by atoms with Crippen molar-refractivity contribution in [2.75, 3.05) is 0 Å². The molecule has 1 aromatic carbocycles. The SMILES string of the molecule is CC(=O)c1ccc(Cn2cc(-c3cnc4ccc(Cl)nc4c3)cn2)cc1. The molecule has 0 fully saturated rings. The zero-order valence-electron chi connectivity index (χ0n) is 14.1. The Hall–Kier alpha value is -3.05. The fourth-order valence-electron chi connectivity index (χ4n) is 2.77. The van der Waals surface area contributed by atoms with Crippen LogP contribution in [0.1, 0.15) is 22.8 Å². The van der Waals surface area contributed by atoms with E-state index in [1.165, 1.54) is 0 Å². The lowest BCUT2D eigenvalue weighted by Gasteiger charge is -2.03. The Labute approximate surface area is 155 Å². The van der Waals surface area contributed by atoms with Crippen LogP contribution in [0.15, 0.2) is 61.1 Å². The van der Waals surface area contributed by atoms with Gasteiger partial charge in [-0.05, 0) is 30.7 Å². The summed E-state index contributed by atoms with van der Waals surface area (Å²) < 4.78 is 1.85. The number of ketones is 1. The highest BCUT2D eigenvalue weighted by Gasteiger charge is 2.06. The van der Waals surface area contributed by atoms with Crippen molar-refractivity contribution in [1.29, 1.82) is 0 Å². The maximum Gasteiger partial charge on any atom is 0.159 e. The molecule has 4 rings (SSSR count).